The summed E-state index contributed by atoms with van der Waals surface area (Å²) in [5, 5.41) is 9.29. The second-order valence-corrected chi connectivity index (χ2v) is 5.35. The highest BCUT2D eigenvalue weighted by Crippen LogP contribution is 2.42. The molecule has 2 fully saturated rings. The average Bonchev–Trinajstić information content (AvgIpc) is 2.25. The van der Waals surface area contributed by atoms with Gasteiger partial charge >= 0.3 is 0 Å². The first-order valence-electron chi connectivity index (χ1n) is 6.23. The van der Waals surface area contributed by atoms with E-state index in [0.717, 1.165) is 0 Å². The quantitative estimate of drug-likeness (QED) is 0.713. The first-order chi connectivity index (χ1) is 7.99. The lowest BCUT2D eigenvalue weighted by atomic mass is 9.70. The molecule has 17 heavy (non-hydrogen) atoms. The summed E-state index contributed by atoms with van der Waals surface area (Å²) in [6.07, 6.45) is -6.82. The third kappa shape index (κ3) is 2.75. The Hall–Kier alpha value is -0.320. The van der Waals surface area contributed by atoms with Crippen molar-refractivity contribution in [1.29, 1.82) is 0 Å². The van der Waals surface area contributed by atoms with Crippen molar-refractivity contribution in [2.75, 3.05) is 0 Å². The Morgan fingerprint density at radius 3 is 1.88 bits per heavy atom. The first-order valence-corrected chi connectivity index (χ1v) is 6.23. The van der Waals surface area contributed by atoms with Gasteiger partial charge < -0.3 is 5.11 Å². The summed E-state index contributed by atoms with van der Waals surface area (Å²) in [5.74, 6) is -0.864. The Balaban J connectivity index is 1.98. The highest BCUT2D eigenvalue weighted by molar-refractivity contribution is 4.93. The van der Waals surface area contributed by atoms with Gasteiger partial charge in [0.1, 0.15) is 18.5 Å². The summed E-state index contributed by atoms with van der Waals surface area (Å²) in [7, 11) is 0. The second kappa shape index (κ2) is 5.12. The first kappa shape index (κ1) is 13.1. The number of hydrogen-bond donors (Lipinski definition) is 1. The molecule has 0 radical (unpaired) electrons. The van der Waals surface area contributed by atoms with E-state index in [4.69, 9.17) is 0 Å². The normalized spacial score (nSPS) is 52.4. The van der Waals surface area contributed by atoms with E-state index in [9.17, 15) is 22.7 Å². The van der Waals surface area contributed by atoms with Crippen molar-refractivity contribution in [3.8, 4) is 0 Å². The zero-order valence-electron chi connectivity index (χ0n) is 9.54. The second-order valence-electron chi connectivity index (χ2n) is 5.35. The molecule has 1 N–H and O–H groups in total. The van der Waals surface area contributed by atoms with Crippen LogP contribution in [-0.4, -0.2) is 35.9 Å². The van der Waals surface area contributed by atoms with Crippen molar-refractivity contribution in [3.05, 3.63) is 0 Å². The molecule has 0 aromatic rings. The smallest absolute Gasteiger partial charge is 0.162 e. The zero-order chi connectivity index (χ0) is 12.6. The van der Waals surface area contributed by atoms with Gasteiger partial charge in [0.2, 0.25) is 0 Å². The molecular formula is C12H18F4O. The molecular weight excluding hydrogens is 236 g/mol. The van der Waals surface area contributed by atoms with Gasteiger partial charge in [0.15, 0.2) is 6.17 Å². The van der Waals surface area contributed by atoms with Gasteiger partial charge in [-0.25, -0.2) is 17.6 Å². The van der Waals surface area contributed by atoms with E-state index in [1.54, 1.807) is 0 Å². The van der Waals surface area contributed by atoms with Crippen LogP contribution in [0.15, 0.2) is 0 Å². The number of hydrogen-bond acceptors (Lipinski definition) is 1. The van der Waals surface area contributed by atoms with Gasteiger partial charge in [-0.15, -0.1) is 0 Å². The molecule has 0 saturated heterocycles. The van der Waals surface area contributed by atoms with Crippen LogP contribution in [0, 0.1) is 11.8 Å². The Morgan fingerprint density at radius 1 is 0.765 bits per heavy atom. The van der Waals surface area contributed by atoms with Crippen LogP contribution in [-0.2, 0) is 0 Å². The number of rotatable bonds is 1. The van der Waals surface area contributed by atoms with Crippen molar-refractivity contribution in [2.24, 2.45) is 11.8 Å². The van der Waals surface area contributed by atoms with E-state index >= 15 is 0 Å². The molecule has 0 aromatic carbocycles. The molecule has 0 aromatic heterocycles. The molecule has 2 saturated carbocycles. The van der Waals surface area contributed by atoms with Crippen LogP contribution in [0.2, 0.25) is 0 Å². The molecule has 0 heterocycles. The highest BCUT2D eigenvalue weighted by Gasteiger charge is 2.44. The fourth-order valence-corrected chi connectivity index (χ4v) is 3.16. The number of alkyl halides is 4. The lowest BCUT2D eigenvalue weighted by molar-refractivity contribution is -0.0341. The minimum absolute atomic E-state index is 0.0358. The number of aliphatic hydroxyl groups is 1. The standard InChI is InChI=1S/C12H18F4O/c13-9-5-7(17)1-2-8(9)6-3-10(14)12(16)11(15)4-6/h6-12,17H,1-5H2. The monoisotopic (exact) mass is 254 g/mol. The lowest BCUT2D eigenvalue weighted by Gasteiger charge is -2.39. The van der Waals surface area contributed by atoms with Gasteiger partial charge in [-0.3, -0.25) is 0 Å². The van der Waals surface area contributed by atoms with Gasteiger partial charge in [0.25, 0.3) is 0 Å². The van der Waals surface area contributed by atoms with Gasteiger partial charge in [-0.2, -0.15) is 0 Å². The summed E-state index contributed by atoms with van der Waals surface area (Å²) in [6, 6.07) is 0. The van der Waals surface area contributed by atoms with Crippen LogP contribution in [0.25, 0.3) is 0 Å². The maximum Gasteiger partial charge on any atom is 0.162 e. The summed E-state index contributed by atoms with van der Waals surface area (Å²) in [5.41, 5.74) is 0. The van der Waals surface area contributed by atoms with Crippen molar-refractivity contribution in [3.63, 3.8) is 0 Å². The number of halogens is 4. The minimum Gasteiger partial charge on any atom is -0.393 e. The Labute approximate surface area is 98.2 Å². The minimum atomic E-state index is -2.06. The van der Waals surface area contributed by atoms with E-state index in [1.807, 2.05) is 0 Å². The van der Waals surface area contributed by atoms with Crippen LogP contribution in [0.5, 0.6) is 0 Å². The topological polar surface area (TPSA) is 20.2 Å². The molecule has 1 nitrogen and oxygen atoms in total. The molecule has 5 atom stereocenters. The van der Waals surface area contributed by atoms with Crippen LogP contribution in [0.3, 0.4) is 0 Å². The van der Waals surface area contributed by atoms with Gasteiger partial charge in [-0.05, 0) is 37.5 Å². The largest absolute Gasteiger partial charge is 0.393 e. The molecule has 2 rings (SSSR count). The predicted molar refractivity (Wildman–Crippen MR) is 55.7 cm³/mol. The molecule has 0 amide bonds. The van der Waals surface area contributed by atoms with Crippen molar-refractivity contribution >= 4 is 0 Å². The summed E-state index contributed by atoms with van der Waals surface area (Å²) in [4.78, 5) is 0. The Kier molecular flexibility index (Phi) is 3.95. The van der Waals surface area contributed by atoms with E-state index < -0.39 is 42.6 Å². The Bertz CT molecular complexity index is 251. The van der Waals surface area contributed by atoms with Crippen molar-refractivity contribution in [2.45, 2.75) is 62.9 Å². The fourth-order valence-electron chi connectivity index (χ4n) is 3.16. The fraction of sp³-hybridized carbons (Fsp3) is 1.00. The molecule has 0 aliphatic heterocycles. The summed E-state index contributed by atoms with van der Waals surface area (Å²) >= 11 is 0. The molecule has 0 bridgehead atoms. The summed E-state index contributed by atoms with van der Waals surface area (Å²) < 4.78 is 53.2. The van der Waals surface area contributed by atoms with Gasteiger partial charge in [0, 0.05) is 6.42 Å². The average molecular weight is 254 g/mol. The van der Waals surface area contributed by atoms with Crippen LogP contribution in [0.4, 0.5) is 17.6 Å². The highest BCUT2D eigenvalue weighted by atomic mass is 19.2. The van der Waals surface area contributed by atoms with Crippen LogP contribution < -0.4 is 0 Å². The Morgan fingerprint density at radius 2 is 1.35 bits per heavy atom. The maximum absolute atomic E-state index is 13.7. The van der Waals surface area contributed by atoms with Gasteiger partial charge in [-0.1, -0.05) is 0 Å². The van der Waals surface area contributed by atoms with E-state index in [-0.39, 0.29) is 19.3 Å². The van der Waals surface area contributed by atoms with Crippen molar-refractivity contribution < 1.29 is 22.7 Å². The van der Waals surface area contributed by atoms with Gasteiger partial charge in [0.05, 0.1) is 6.10 Å². The summed E-state index contributed by atoms with van der Waals surface area (Å²) in [6.45, 7) is 0. The SMILES string of the molecule is OC1CCC(C2CC(F)C(F)C(F)C2)C(F)C1. The van der Waals surface area contributed by atoms with Crippen molar-refractivity contribution in [1.82, 2.24) is 0 Å². The van der Waals surface area contributed by atoms with E-state index in [0.29, 0.717) is 12.8 Å². The molecule has 100 valence electrons. The molecule has 0 spiro atoms. The van der Waals surface area contributed by atoms with Crippen LogP contribution >= 0.6 is 0 Å². The zero-order valence-corrected chi connectivity index (χ0v) is 9.54. The van der Waals surface area contributed by atoms with E-state index in [1.165, 1.54) is 0 Å². The molecule has 5 unspecified atom stereocenters. The molecule has 5 heteroatoms. The van der Waals surface area contributed by atoms with E-state index in [2.05, 4.69) is 0 Å². The third-order valence-corrected chi connectivity index (χ3v) is 4.15. The molecule has 2 aliphatic carbocycles. The predicted octanol–water partition coefficient (Wildman–Crippen LogP) is 2.91. The lowest BCUT2D eigenvalue weighted by Crippen LogP contribution is -2.43. The number of aliphatic hydroxyl groups excluding tert-OH is 1. The maximum atomic E-state index is 13.7. The molecule has 2 aliphatic rings. The van der Waals surface area contributed by atoms with Crippen LogP contribution in [0.1, 0.15) is 32.1 Å². The third-order valence-electron chi connectivity index (χ3n) is 4.15.